The van der Waals surface area contributed by atoms with Crippen LogP contribution in [0, 0.1) is 0 Å². The third kappa shape index (κ3) is 17.8. The van der Waals surface area contributed by atoms with Crippen LogP contribution in [0.4, 0.5) is 0 Å². The molecule has 0 bridgehead atoms. The van der Waals surface area contributed by atoms with Gasteiger partial charge in [0, 0.05) is 0 Å². The summed E-state index contributed by atoms with van der Waals surface area (Å²) in [5, 5.41) is -1.50. The summed E-state index contributed by atoms with van der Waals surface area (Å²) in [5.74, 6) is 0. The summed E-state index contributed by atoms with van der Waals surface area (Å²) < 4.78 is 51.3. The number of unbranched alkanes of at least 4 members (excludes halogenated alkanes) is 5. The molecule has 0 saturated carbocycles. The smallest absolute Gasteiger partial charge is 0.281 e. The number of hydrogen-bond acceptors (Lipinski definition) is 4. The zero-order valence-electron chi connectivity index (χ0n) is 12.2. The van der Waals surface area contributed by atoms with Gasteiger partial charge in [-0.15, -0.1) is 0 Å². The van der Waals surface area contributed by atoms with E-state index in [1.54, 1.807) is 4.72 Å². The topological polar surface area (TPSA) is 101 Å². The molecule has 1 unspecified atom stereocenters. The van der Waals surface area contributed by atoms with Gasteiger partial charge in [0.25, 0.3) is 10.1 Å². The Morgan fingerprint density at radius 2 is 1.32 bits per heavy atom. The van der Waals surface area contributed by atoms with E-state index in [1.165, 1.54) is 38.5 Å². The van der Waals surface area contributed by atoms with Crippen LogP contribution in [0.2, 0.25) is 0 Å². The van der Waals surface area contributed by atoms with Gasteiger partial charge >= 0.3 is 0 Å². The van der Waals surface area contributed by atoms with Gasteiger partial charge in [0.15, 0.2) is 0 Å². The van der Waals surface area contributed by atoms with Crippen LogP contribution in [0.25, 0.3) is 0 Å². The third-order valence-corrected chi connectivity index (χ3v) is 4.23. The predicted octanol–water partition coefficient (Wildman–Crippen LogP) is 2.14. The van der Waals surface area contributed by atoms with Crippen molar-refractivity contribution in [3.05, 3.63) is 0 Å². The minimum atomic E-state index is -4.33. The molecule has 0 fully saturated rings. The maximum absolute atomic E-state index is 10.4. The standard InChI is InChI=1S/C8H18.C3H9NO5S2/c1-3-5-7-8-6-4-2;1-3(11(7,8)9)4-10(2,5)6/h3-8H2,1-2H3;3-4H,1-2H3,(H,7,8,9). The van der Waals surface area contributed by atoms with E-state index in [4.69, 9.17) is 4.55 Å². The Bertz CT molecular complexity index is 397. The summed E-state index contributed by atoms with van der Waals surface area (Å²) in [7, 11) is -7.92. The molecule has 0 rings (SSSR count). The second kappa shape index (κ2) is 10.6. The maximum Gasteiger partial charge on any atom is 0.281 e. The molecule has 0 aliphatic rings. The molecule has 6 nitrogen and oxygen atoms in total. The van der Waals surface area contributed by atoms with Crippen molar-refractivity contribution < 1.29 is 21.4 Å². The molecular weight excluding hydrogens is 290 g/mol. The Labute approximate surface area is 117 Å². The number of sulfonamides is 1. The van der Waals surface area contributed by atoms with Crippen LogP contribution in [-0.2, 0) is 20.1 Å². The fourth-order valence-electron chi connectivity index (χ4n) is 1.22. The normalized spacial score (nSPS) is 13.5. The van der Waals surface area contributed by atoms with Crippen LogP contribution in [0.1, 0.15) is 59.3 Å². The van der Waals surface area contributed by atoms with Gasteiger partial charge < -0.3 is 0 Å². The summed E-state index contributed by atoms with van der Waals surface area (Å²) in [4.78, 5) is 0. The molecule has 19 heavy (non-hydrogen) atoms. The summed E-state index contributed by atoms with van der Waals surface area (Å²) in [6, 6.07) is 0. The highest BCUT2D eigenvalue weighted by atomic mass is 32.2. The second-order valence-electron chi connectivity index (χ2n) is 4.46. The van der Waals surface area contributed by atoms with Gasteiger partial charge in [-0.2, -0.15) is 13.1 Å². The van der Waals surface area contributed by atoms with E-state index in [1.807, 2.05) is 0 Å². The van der Waals surface area contributed by atoms with Crippen LogP contribution < -0.4 is 4.72 Å². The van der Waals surface area contributed by atoms with Crippen LogP contribution in [0.15, 0.2) is 0 Å². The molecule has 0 spiro atoms. The van der Waals surface area contributed by atoms with Crippen molar-refractivity contribution in [1.29, 1.82) is 0 Å². The van der Waals surface area contributed by atoms with Gasteiger partial charge in [-0.3, -0.25) is 4.55 Å². The molecule has 0 amide bonds. The summed E-state index contributed by atoms with van der Waals surface area (Å²) in [5.41, 5.74) is 0. The van der Waals surface area contributed by atoms with Gasteiger partial charge in [-0.05, 0) is 6.92 Å². The van der Waals surface area contributed by atoms with E-state index in [0.717, 1.165) is 13.2 Å². The zero-order valence-corrected chi connectivity index (χ0v) is 13.8. The molecule has 2 N–H and O–H groups in total. The number of nitrogens with one attached hydrogen (secondary N) is 1. The first kappa shape index (κ1) is 21.1. The molecular formula is C11H27NO5S2. The van der Waals surface area contributed by atoms with E-state index in [-0.39, 0.29) is 0 Å². The molecule has 8 heteroatoms. The zero-order chi connectivity index (χ0) is 15.5. The van der Waals surface area contributed by atoms with Crippen molar-refractivity contribution in [3.8, 4) is 0 Å². The van der Waals surface area contributed by atoms with Crippen LogP contribution in [-0.4, -0.2) is 33.0 Å². The van der Waals surface area contributed by atoms with Crippen LogP contribution in [0.3, 0.4) is 0 Å². The second-order valence-corrected chi connectivity index (χ2v) is 7.98. The van der Waals surface area contributed by atoms with E-state index in [2.05, 4.69) is 13.8 Å². The van der Waals surface area contributed by atoms with E-state index in [0.29, 0.717) is 0 Å². The van der Waals surface area contributed by atoms with Crippen molar-refractivity contribution in [2.45, 2.75) is 64.7 Å². The molecule has 0 aromatic carbocycles. The SMILES string of the molecule is CC(NS(C)(=O)=O)S(=O)(=O)O.CCCCCCCC. The quantitative estimate of drug-likeness (QED) is 0.527. The largest absolute Gasteiger partial charge is 0.284 e. The highest BCUT2D eigenvalue weighted by Crippen LogP contribution is 2.03. The Hall–Kier alpha value is -0.180. The lowest BCUT2D eigenvalue weighted by atomic mass is 10.1. The fraction of sp³-hybridized carbons (Fsp3) is 1.00. The average molecular weight is 317 g/mol. The molecule has 0 aliphatic heterocycles. The lowest BCUT2D eigenvalue weighted by Gasteiger charge is -2.07. The van der Waals surface area contributed by atoms with Gasteiger partial charge in [0.2, 0.25) is 10.0 Å². The molecule has 0 radical (unpaired) electrons. The molecule has 0 saturated heterocycles. The molecule has 0 aromatic rings. The molecule has 118 valence electrons. The highest BCUT2D eigenvalue weighted by Gasteiger charge is 2.20. The van der Waals surface area contributed by atoms with Crippen molar-refractivity contribution in [3.63, 3.8) is 0 Å². The van der Waals surface area contributed by atoms with E-state index < -0.39 is 25.5 Å². The molecule has 0 aromatic heterocycles. The van der Waals surface area contributed by atoms with Crippen molar-refractivity contribution >= 4 is 20.1 Å². The summed E-state index contributed by atoms with van der Waals surface area (Å²) in [6.45, 7) is 5.54. The highest BCUT2D eigenvalue weighted by molar-refractivity contribution is 7.91. The molecule has 0 heterocycles. The van der Waals surface area contributed by atoms with E-state index in [9.17, 15) is 16.8 Å². The molecule has 1 atom stereocenters. The Morgan fingerprint density at radius 1 is 0.947 bits per heavy atom. The van der Waals surface area contributed by atoms with Gasteiger partial charge in [-0.1, -0.05) is 52.4 Å². The first-order valence-corrected chi connectivity index (χ1v) is 9.87. The number of rotatable bonds is 8. The van der Waals surface area contributed by atoms with Crippen molar-refractivity contribution in [1.82, 2.24) is 4.72 Å². The summed E-state index contributed by atoms with van der Waals surface area (Å²) in [6.07, 6.45) is 9.29. The van der Waals surface area contributed by atoms with Gasteiger partial charge in [-0.25, -0.2) is 8.42 Å². The minimum Gasteiger partial charge on any atom is -0.284 e. The first-order chi connectivity index (χ1) is 8.54. The Kier molecular flexibility index (Phi) is 11.8. The monoisotopic (exact) mass is 317 g/mol. The predicted molar refractivity (Wildman–Crippen MR) is 78.0 cm³/mol. The third-order valence-electron chi connectivity index (χ3n) is 2.28. The lowest BCUT2D eigenvalue weighted by molar-refractivity contribution is 0.465. The fourth-order valence-corrected chi connectivity index (χ4v) is 2.83. The lowest BCUT2D eigenvalue weighted by Crippen LogP contribution is -2.37. The Balaban J connectivity index is 0. The van der Waals surface area contributed by atoms with Crippen LogP contribution >= 0.6 is 0 Å². The van der Waals surface area contributed by atoms with Crippen molar-refractivity contribution in [2.24, 2.45) is 0 Å². The van der Waals surface area contributed by atoms with Gasteiger partial charge in [0.05, 0.1) is 6.26 Å². The first-order valence-electron chi connectivity index (χ1n) is 6.48. The van der Waals surface area contributed by atoms with E-state index >= 15 is 0 Å². The van der Waals surface area contributed by atoms with Gasteiger partial charge in [0.1, 0.15) is 5.37 Å². The Morgan fingerprint density at radius 3 is 1.47 bits per heavy atom. The molecule has 0 aliphatic carbocycles. The van der Waals surface area contributed by atoms with Crippen molar-refractivity contribution in [2.75, 3.05) is 6.26 Å². The van der Waals surface area contributed by atoms with Crippen LogP contribution in [0.5, 0.6) is 0 Å². The minimum absolute atomic E-state index is 0.800. The number of hydrogen-bond donors (Lipinski definition) is 2. The average Bonchev–Trinajstić information content (AvgIpc) is 2.22. The maximum atomic E-state index is 10.4. The summed E-state index contributed by atoms with van der Waals surface area (Å²) >= 11 is 0.